The summed E-state index contributed by atoms with van der Waals surface area (Å²) in [5, 5.41) is 0. The molecule has 3 aliphatic rings. The van der Waals surface area contributed by atoms with Gasteiger partial charge < -0.3 is 10.6 Å². The summed E-state index contributed by atoms with van der Waals surface area (Å²) in [6, 6.07) is 0.859. The van der Waals surface area contributed by atoms with Crippen molar-refractivity contribution in [1.82, 2.24) is 9.80 Å². The molecule has 0 spiro atoms. The number of hydrogen-bond donors (Lipinski definition) is 1. The molecule has 0 aromatic rings. The highest BCUT2D eigenvalue weighted by molar-refractivity contribution is 4.98. The van der Waals surface area contributed by atoms with Crippen LogP contribution in [0.25, 0.3) is 0 Å². The van der Waals surface area contributed by atoms with Crippen molar-refractivity contribution in [3.8, 4) is 0 Å². The molecule has 2 atom stereocenters. The molecule has 0 aromatic carbocycles. The van der Waals surface area contributed by atoms with Gasteiger partial charge in [-0.1, -0.05) is 26.2 Å². The standard InChI is InChI=1S/C18H35N3/c1-16-6-5-9-18(14-16,15-19)21-12-7-17(8-13-21)20-10-3-2-4-11-20/h16-17H,2-15,19H2,1H3. The monoisotopic (exact) mass is 293 g/mol. The normalized spacial score (nSPS) is 37.7. The molecule has 1 saturated carbocycles. The third-order valence-corrected chi connectivity index (χ3v) is 6.49. The molecule has 2 heterocycles. The zero-order valence-electron chi connectivity index (χ0n) is 14.0. The summed E-state index contributed by atoms with van der Waals surface area (Å²) in [4.78, 5) is 5.56. The first-order chi connectivity index (χ1) is 10.2. The number of likely N-dealkylation sites (tertiary alicyclic amines) is 2. The van der Waals surface area contributed by atoms with Gasteiger partial charge in [0.1, 0.15) is 0 Å². The lowest BCUT2D eigenvalue weighted by Crippen LogP contribution is -2.60. The lowest BCUT2D eigenvalue weighted by molar-refractivity contribution is -0.00178. The Bertz CT molecular complexity index is 318. The van der Waals surface area contributed by atoms with Crippen molar-refractivity contribution < 1.29 is 0 Å². The average Bonchev–Trinajstić information content (AvgIpc) is 2.56. The Morgan fingerprint density at radius 1 is 0.952 bits per heavy atom. The summed E-state index contributed by atoms with van der Waals surface area (Å²) in [5.74, 6) is 0.863. The summed E-state index contributed by atoms with van der Waals surface area (Å²) in [5.41, 5.74) is 6.59. The molecule has 3 nitrogen and oxygen atoms in total. The lowest BCUT2D eigenvalue weighted by Gasteiger charge is -2.51. The Kier molecular flexibility index (Phi) is 5.23. The summed E-state index contributed by atoms with van der Waals surface area (Å²) >= 11 is 0. The highest BCUT2D eigenvalue weighted by Gasteiger charge is 2.41. The molecule has 3 fully saturated rings. The molecule has 0 amide bonds. The molecular weight excluding hydrogens is 258 g/mol. The van der Waals surface area contributed by atoms with Gasteiger partial charge in [0.2, 0.25) is 0 Å². The maximum atomic E-state index is 6.26. The van der Waals surface area contributed by atoms with Gasteiger partial charge in [-0.3, -0.25) is 4.90 Å². The minimum absolute atomic E-state index is 0.338. The Morgan fingerprint density at radius 3 is 2.29 bits per heavy atom. The van der Waals surface area contributed by atoms with Crippen LogP contribution >= 0.6 is 0 Å². The van der Waals surface area contributed by atoms with Crippen LogP contribution in [-0.2, 0) is 0 Å². The van der Waals surface area contributed by atoms with Crippen molar-refractivity contribution in [1.29, 1.82) is 0 Å². The second-order valence-corrected chi connectivity index (χ2v) is 7.94. The summed E-state index contributed by atoms with van der Waals surface area (Å²) in [7, 11) is 0. The van der Waals surface area contributed by atoms with Crippen LogP contribution in [0.15, 0.2) is 0 Å². The first-order valence-corrected chi connectivity index (χ1v) is 9.43. The van der Waals surface area contributed by atoms with Gasteiger partial charge in [0.25, 0.3) is 0 Å². The van der Waals surface area contributed by atoms with Gasteiger partial charge in [-0.25, -0.2) is 0 Å². The topological polar surface area (TPSA) is 32.5 Å². The second-order valence-electron chi connectivity index (χ2n) is 7.94. The van der Waals surface area contributed by atoms with E-state index in [1.807, 2.05) is 0 Å². The highest BCUT2D eigenvalue weighted by atomic mass is 15.2. The quantitative estimate of drug-likeness (QED) is 0.868. The molecule has 3 rings (SSSR count). The van der Waals surface area contributed by atoms with Gasteiger partial charge in [0.05, 0.1) is 0 Å². The lowest BCUT2D eigenvalue weighted by atomic mass is 9.74. The van der Waals surface area contributed by atoms with Crippen LogP contribution in [0, 0.1) is 5.92 Å². The molecule has 1 aliphatic carbocycles. The van der Waals surface area contributed by atoms with Gasteiger partial charge in [-0.15, -0.1) is 0 Å². The molecule has 0 radical (unpaired) electrons. The third kappa shape index (κ3) is 3.46. The molecule has 0 aromatic heterocycles. The molecule has 122 valence electrons. The Morgan fingerprint density at radius 2 is 1.67 bits per heavy atom. The summed E-state index contributed by atoms with van der Waals surface area (Å²) in [6.07, 6.45) is 12.5. The van der Waals surface area contributed by atoms with Crippen molar-refractivity contribution in [2.24, 2.45) is 11.7 Å². The molecule has 2 unspecified atom stereocenters. The molecule has 21 heavy (non-hydrogen) atoms. The van der Waals surface area contributed by atoms with Gasteiger partial charge in [0.15, 0.2) is 0 Å². The smallest absolute Gasteiger partial charge is 0.0334 e. The fourth-order valence-electron chi connectivity index (χ4n) is 5.22. The van der Waals surface area contributed by atoms with Crippen molar-refractivity contribution >= 4 is 0 Å². The summed E-state index contributed by atoms with van der Waals surface area (Å²) in [6.45, 7) is 8.55. The zero-order chi connectivity index (χ0) is 14.7. The highest BCUT2D eigenvalue weighted by Crippen LogP contribution is 2.38. The van der Waals surface area contributed by atoms with E-state index in [1.54, 1.807) is 0 Å². The van der Waals surface area contributed by atoms with E-state index in [4.69, 9.17) is 5.73 Å². The van der Waals surface area contributed by atoms with Crippen molar-refractivity contribution in [3.05, 3.63) is 0 Å². The van der Waals surface area contributed by atoms with E-state index in [2.05, 4.69) is 16.7 Å². The molecule has 2 N–H and O–H groups in total. The minimum atomic E-state index is 0.338. The van der Waals surface area contributed by atoms with E-state index in [0.717, 1.165) is 18.5 Å². The first-order valence-electron chi connectivity index (χ1n) is 9.43. The fourth-order valence-corrected chi connectivity index (χ4v) is 5.22. The first kappa shape index (κ1) is 15.8. The maximum Gasteiger partial charge on any atom is 0.0334 e. The van der Waals surface area contributed by atoms with Gasteiger partial charge in [-0.05, 0) is 57.5 Å². The van der Waals surface area contributed by atoms with E-state index < -0.39 is 0 Å². The van der Waals surface area contributed by atoms with E-state index in [9.17, 15) is 0 Å². The SMILES string of the molecule is CC1CCCC(CN)(N2CCC(N3CCCCC3)CC2)C1. The van der Waals surface area contributed by atoms with Crippen LogP contribution in [0.4, 0.5) is 0 Å². The van der Waals surface area contributed by atoms with E-state index in [0.29, 0.717) is 5.54 Å². The number of piperidine rings is 2. The predicted molar refractivity (Wildman–Crippen MR) is 89.4 cm³/mol. The maximum absolute atomic E-state index is 6.26. The molecular formula is C18H35N3. The zero-order valence-corrected chi connectivity index (χ0v) is 14.0. The van der Waals surface area contributed by atoms with Crippen molar-refractivity contribution in [3.63, 3.8) is 0 Å². The van der Waals surface area contributed by atoms with Crippen LogP contribution in [0.3, 0.4) is 0 Å². The van der Waals surface area contributed by atoms with E-state index >= 15 is 0 Å². The van der Waals surface area contributed by atoms with Crippen molar-refractivity contribution in [2.75, 3.05) is 32.7 Å². The van der Waals surface area contributed by atoms with E-state index in [-0.39, 0.29) is 0 Å². The average molecular weight is 293 g/mol. The van der Waals surface area contributed by atoms with Gasteiger partial charge >= 0.3 is 0 Å². The minimum Gasteiger partial charge on any atom is -0.329 e. The number of hydrogen-bond acceptors (Lipinski definition) is 3. The molecule has 0 bridgehead atoms. The molecule has 3 heteroatoms. The predicted octanol–water partition coefficient (Wildman–Crippen LogP) is 2.84. The molecule has 2 saturated heterocycles. The van der Waals surface area contributed by atoms with Gasteiger partial charge in [-0.2, -0.15) is 0 Å². The Hall–Kier alpha value is -0.120. The fraction of sp³-hybridized carbons (Fsp3) is 1.00. The second kappa shape index (κ2) is 6.97. The third-order valence-electron chi connectivity index (χ3n) is 6.49. The van der Waals surface area contributed by atoms with Crippen LogP contribution in [0.5, 0.6) is 0 Å². The van der Waals surface area contributed by atoms with Crippen molar-refractivity contribution in [2.45, 2.75) is 76.3 Å². The van der Waals surface area contributed by atoms with Gasteiger partial charge in [0, 0.05) is 31.2 Å². The number of nitrogens with two attached hydrogens (primary N) is 1. The Labute approximate surface area is 131 Å². The molecule has 2 aliphatic heterocycles. The van der Waals surface area contributed by atoms with Crippen LogP contribution < -0.4 is 5.73 Å². The number of rotatable bonds is 3. The number of nitrogens with zero attached hydrogens (tertiary/aromatic N) is 2. The van der Waals surface area contributed by atoms with Crippen LogP contribution in [0.1, 0.15) is 64.7 Å². The largest absolute Gasteiger partial charge is 0.329 e. The van der Waals surface area contributed by atoms with Crippen LogP contribution in [0.2, 0.25) is 0 Å². The summed E-state index contributed by atoms with van der Waals surface area (Å²) < 4.78 is 0. The Balaban J connectivity index is 1.56. The van der Waals surface area contributed by atoms with Crippen LogP contribution in [-0.4, -0.2) is 54.1 Å². The van der Waals surface area contributed by atoms with E-state index in [1.165, 1.54) is 84.0 Å².